The average Bonchev–Trinajstić information content (AvgIpc) is 3.43. The molecule has 2 aromatic carbocycles. The largest absolute Gasteiger partial charge is 0.488 e. The lowest BCUT2D eigenvalue weighted by atomic mass is 9.89. The van der Waals surface area contributed by atoms with Gasteiger partial charge in [0, 0.05) is 37.5 Å². The van der Waals surface area contributed by atoms with E-state index in [9.17, 15) is 18.7 Å². The zero-order valence-corrected chi connectivity index (χ0v) is 25.8. The number of nitrogens with zero attached hydrogens (tertiary/aromatic N) is 4. The quantitative estimate of drug-likeness (QED) is 0.212. The van der Waals surface area contributed by atoms with Crippen LogP contribution in [-0.2, 0) is 19.6 Å². The molecule has 2 aliphatic rings. The summed E-state index contributed by atoms with van der Waals surface area (Å²) in [5.74, 6) is -2.37. The number of halogens is 2. The fourth-order valence-electron chi connectivity index (χ4n) is 6.30. The monoisotopic (exact) mass is 616 g/mol. The highest BCUT2D eigenvalue weighted by molar-refractivity contribution is 5.90. The van der Waals surface area contributed by atoms with Crippen molar-refractivity contribution in [2.24, 2.45) is 0 Å². The molecular weight excluding hydrogens is 578 g/mol. The molecule has 2 aromatic heterocycles. The van der Waals surface area contributed by atoms with Crippen LogP contribution in [0.2, 0.25) is 0 Å². The molecule has 6 rings (SSSR count). The van der Waals surface area contributed by atoms with Crippen LogP contribution in [-0.4, -0.2) is 55.4 Å². The van der Waals surface area contributed by atoms with Crippen LogP contribution in [0, 0.1) is 6.92 Å². The number of alkyl halides is 2. The normalized spacial score (nSPS) is 16.8. The molecule has 1 aliphatic carbocycles. The van der Waals surface area contributed by atoms with E-state index >= 15 is 0 Å². The van der Waals surface area contributed by atoms with Gasteiger partial charge in [-0.3, -0.25) is 4.90 Å². The van der Waals surface area contributed by atoms with Gasteiger partial charge in [0.2, 0.25) is 11.8 Å². The first-order chi connectivity index (χ1) is 21.6. The standard InChI is InChI=1S/C35H38F2N4O4/c1-22(2)45-33-29(34(42)43)19-38-41(33)31-9-5-8-30(39-31)28-7-4-6-23(3)32(28)44-21-24-10-11-26-20-40(17-14-25(26)18-24)27-12-15-35(36,37)16-13-27/h4-11,18-19,22,27H,12-17,20-21H2,1-3H3,(H,42,43). The molecule has 1 fully saturated rings. The van der Waals surface area contributed by atoms with E-state index in [1.54, 1.807) is 6.07 Å². The fraction of sp³-hybridized carbons (Fsp3) is 0.400. The Morgan fingerprint density at radius 1 is 1.09 bits per heavy atom. The van der Waals surface area contributed by atoms with Gasteiger partial charge in [-0.1, -0.05) is 36.4 Å². The molecule has 4 aromatic rings. The predicted molar refractivity (Wildman–Crippen MR) is 166 cm³/mol. The summed E-state index contributed by atoms with van der Waals surface area (Å²) in [6.45, 7) is 7.69. The van der Waals surface area contributed by atoms with Crippen LogP contribution in [0.1, 0.15) is 72.1 Å². The van der Waals surface area contributed by atoms with Gasteiger partial charge in [0.15, 0.2) is 5.82 Å². The summed E-state index contributed by atoms with van der Waals surface area (Å²) >= 11 is 0. The fourth-order valence-corrected chi connectivity index (χ4v) is 6.30. The van der Waals surface area contributed by atoms with Crippen molar-refractivity contribution >= 4 is 5.97 Å². The van der Waals surface area contributed by atoms with Crippen LogP contribution >= 0.6 is 0 Å². The Hall–Kier alpha value is -4.31. The number of carbonyl (C=O) groups is 1. The van der Waals surface area contributed by atoms with E-state index < -0.39 is 11.9 Å². The summed E-state index contributed by atoms with van der Waals surface area (Å²) in [5.41, 5.74) is 5.98. The number of fused-ring (bicyclic) bond motifs is 1. The van der Waals surface area contributed by atoms with Crippen LogP contribution in [0.4, 0.5) is 8.78 Å². The molecule has 45 heavy (non-hydrogen) atoms. The maximum Gasteiger partial charge on any atom is 0.342 e. The molecule has 0 spiro atoms. The van der Waals surface area contributed by atoms with E-state index in [1.165, 1.54) is 22.0 Å². The number of rotatable bonds is 9. The first-order valence-electron chi connectivity index (χ1n) is 15.5. The average molecular weight is 617 g/mol. The maximum atomic E-state index is 13.7. The molecule has 0 radical (unpaired) electrons. The van der Waals surface area contributed by atoms with Gasteiger partial charge >= 0.3 is 5.97 Å². The Morgan fingerprint density at radius 2 is 1.87 bits per heavy atom. The molecular formula is C35H38F2N4O4. The second-order valence-electron chi connectivity index (χ2n) is 12.3. The molecule has 0 bridgehead atoms. The number of hydrogen-bond acceptors (Lipinski definition) is 6. The number of ether oxygens (including phenoxy) is 2. The maximum absolute atomic E-state index is 13.7. The molecule has 0 saturated heterocycles. The first-order valence-corrected chi connectivity index (χ1v) is 15.5. The smallest absolute Gasteiger partial charge is 0.342 e. The second-order valence-corrected chi connectivity index (χ2v) is 12.3. The molecule has 0 unspecified atom stereocenters. The predicted octanol–water partition coefficient (Wildman–Crippen LogP) is 7.24. The molecule has 8 nitrogen and oxygen atoms in total. The van der Waals surface area contributed by atoms with Gasteiger partial charge < -0.3 is 14.6 Å². The zero-order valence-electron chi connectivity index (χ0n) is 25.8. The van der Waals surface area contributed by atoms with Crippen molar-refractivity contribution in [3.63, 3.8) is 0 Å². The van der Waals surface area contributed by atoms with E-state index in [0.29, 0.717) is 36.7 Å². The minimum absolute atomic E-state index is 0.0134. The van der Waals surface area contributed by atoms with E-state index in [1.807, 2.05) is 51.1 Å². The molecule has 0 atom stereocenters. The number of para-hydroxylation sites is 1. The topological polar surface area (TPSA) is 89.7 Å². The third-order valence-corrected chi connectivity index (χ3v) is 8.64. The van der Waals surface area contributed by atoms with E-state index in [4.69, 9.17) is 14.5 Å². The van der Waals surface area contributed by atoms with E-state index in [2.05, 4.69) is 28.2 Å². The van der Waals surface area contributed by atoms with Crippen LogP contribution < -0.4 is 9.47 Å². The summed E-state index contributed by atoms with van der Waals surface area (Å²) in [5, 5.41) is 13.9. The number of pyridine rings is 1. The van der Waals surface area contributed by atoms with Crippen LogP contribution in [0.25, 0.3) is 17.1 Å². The minimum atomic E-state index is -2.51. The zero-order chi connectivity index (χ0) is 31.7. The molecule has 1 saturated carbocycles. The molecule has 1 N–H and O–H groups in total. The molecule has 236 valence electrons. The van der Waals surface area contributed by atoms with Gasteiger partial charge in [-0.05, 0) is 80.5 Å². The Morgan fingerprint density at radius 3 is 2.62 bits per heavy atom. The van der Waals surface area contributed by atoms with Crippen molar-refractivity contribution in [3.05, 3.63) is 88.6 Å². The highest BCUT2D eigenvalue weighted by Gasteiger charge is 2.37. The van der Waals surface area contributed by atoms with E-state index in [-0.39, 0.29) is 36.4 Å². The summed E-state index contributed by atoms with van der Waals surface area (Å²) < 4.78 is 41.0. The number of aromatic nitrogens is 3. The van der Waals surface area contributed by atoms with Crippen LogP contribution in [0.15, 0.2) is 60.8 Å². The van der Waals surface area contributed by atoms with Gasteiger partial charge in [0.1, 0.15) is 17.9 Å². The number of hydrogen-bond donors (Lipinski definition) is 1. The van der Waals surface area contributed by atoms with Crippen molar-refractivity contribution in [1.82, 2.24) is 19.7 Å². The van der Waals surface area contributed by atoms with Crippen molar-refractivity contribution in [2.45, 2.75) is 84.1 Å². The Bertz CT molecular complexity index is 1690. The third kappa shape index (κ3) is 6.71. The summed E-state index contributed by atoms with van der Waals surface area (Å²) in [4.78, 5) is 19.0. The molecule has 3 heterocycles. The van der Waals surface area contributed by atoms with Gasteiger partial charge in [-0.25, -0.2) is 18.6 Å². The van der Waals surface area contributed by atoms with Crippen LogP contribution in [0.5, 0.6) is 11.6 Å². The number of carboxylic acid groups (broad SMARTS) is 1. The van der Waals surface area contributed by atoms with Crippen molar-refractivity contribution < 1.29 is 28.2 Å². The number of carboxylic acids is 1. The lowest BCUT2D eigenvalue weighted by Gasteiger charge is -2.39. The van der Waals surface area contributed by atoms with Crippen LogP contribution in [0.3, 0.4) is 0 Å². The second kappa shape index (κ2) is 12.6. The summed E-state index contributed by atoms with van der Waals surface area (Å²) in [6.07, 6.45) is 2.99. The number of aryl methyl sites for hydroxylation is 1. The Labute approximate surface area is 261 Å². The van der Waals surface area contributed by atoms with Gasteiger partial charge in [-0.2, -0.15) is 9.78 Å². The molecule has 1 aliphatic heterocycles. The third-order valence-electron chi connectivity index (χ3n) is 8.64. The lowest BCUT2D eigenvalue weighted by Crippen LogP contribution is -2.43. The summed E-state index contributed by atoms with van der Waals surface area (Å²) in [6, 6.07) is 18.0. The number of benzene rings is 2. The first kappa shape index (κ1) is 30.7. The van der Waals surface area contributed by atoms with Crippen molar-refractivity contribution in [1.29, 1.82) is 0 Å². The Kier molecular flexibility index (Phi) is 8.59. The van der Waals surface area contributed by atoms with Crippen molar-refractivity contribution in [2.75, 3.05) is 6.54 Å². The SMILES string of the molecule is Cc1cccc(-c2cccc(-n3ncc(C(=O)O)c3OC(C)C)n2)c1OCc1ccc2c(c1)CCN(C1CCC(F)(F)CC1)C2. The van der Waals surface area contributed by atoms with Gasteiger partial charge in [0.25, 0.3) is 0 Å². The van der Waals surface area contributed by atoms with E-state index in [0.717, 1.165) is 36.2 Å². The highest BCUT2D eigenvalue weighted by Crippen LogP contribution is 2.37. The number of aromatic carboxylic acids is 1. The van der Waals surface area contributed by atoms with Gasteiger partial charge in [0.05, 0.1) is 18.0 Å². The minimum Gasteiger partial charge on any atom is -0.488 e. The highest BCUT2D eigenvalue weighted by atomic mass is 19.3. The lowest BCUT2D eigenvalue weighted by molar-refractivity contribution is -0.0552. The molecule has 0 amide bonds. The van der Waals surface area contributed by atoms with Crippen molar-refractivity contribution in [3.8, 4) is 28.7 Å². The molecule has 10 heteroatoms. The van der Waals surface area contributed by atoms with Gasteiger partial charge in [-0.15, -0.1) is 0 Å². The summed E-state index contributed by atoms with van der Waals surface area (Å²) in [7, 11) is 0. The Balaban J connectivity index is 1.20.